The van der Waals surface area contributed by atoms with Crippen LogP contribution >= 0.6 is 0 Å². The summed E-state index contributed by atoms with van der Waals surface area (Å²) in [4.78, 5) is 14.0. The predicted molar refractivity (Wildman–Crippen MR) is 264 cm³/mol. The maximum absolute atomic E-state index is 14.0. The molecule has 2 aliphatic carbocycles. The normalized spacial score (nSPS) is 17.1. The second-order valence-electron chi connectivity index (χ2n) is 15.5. The van der Waals surface area contributed by atoms with E-state index in [9.17, 15) is 9.90 Å². The molecule has 70 heavy (non-hydrogen) atoms. The Hall–Kier alpha value is -6.92. The maximum Gasteiger partial charge on any atom is 0 e. The third-order valence-corrected chi connectivity index (χ3v) is 12.1. The minimum absolute atomic E-state index is 0. The molecule has 4 unspecified atom stereocenters. The average molecular weight is 1090 g/mol. The van der Waals surface area contributed by atoms with Gasteiger partial charge in [0.15, 0.2) is 5.78 Å². The first kappa shape index (κ1) is 57.4. The number of carbonyl (C=O) groups is 1. The molecule has 0 saturated heterocycles. The van der Waals surface area contributed by atoms with E-state index in [0.717, 1.165) is 44.5 Å². The van der Waals surface area contributed by atoms with Gasteiger partial charge >= 0.3 is 64.7 Å². The number of aliphatic hydroxyl groups excluding tert-OH is 1. The third-order valence-electron chi connectivity index (χ3n) is 12.1. The number of Topliss-reactive ketones (excluding diaryl/α,β-unsaturated/α-hetero) is 1. The molecule has 0 amide bonds. The van der Waals surface area contributed by atoms with E-state index in [4.69, 9.17) is 18.6 Å². The molecule has 8 heteroatoms. The molecule has 2 aliphatic rings. The van der Waals surface area contributed by atoms with Gasteiger partial charge in [-0.2, -0.15) is 0 Å². The van der Waals surface area contributed by atoms with E-state index in [0.29, 0.717) is 0 Å². The first-order valence-corrected chi connectivity index (χ1v) is 21.6. The minimum Gasteiger partial charge on any atom is 0 e. The Bertz CT molecular complexity index is 2710. The molecule has 0 heterocycles. The molecular weight excluding hydrogens is 1040 g/mol. The smallest absolute Gasteiger partial charge is 0 e. The van der Waals surface area contributed by atoms with Gasteiger partial charge in [-0.3, -0.25) is 4.79 Å². The maximum atomic E-state index is 14.0. The average Bonchev–Trinajstić information content (AvgIpc) is 3.93. The monoisotopic (exact) mass is 1090 g/mol. The van der Waals surface area contributed by atoms with Crippen molar-refractivity contribution in [3.05, 3.63) is 314 Å². The van der Waals surface area contributed by atoms with E-state index in [2.05, 4.69) is 160 Å². The Labute approximate surface area is 436 Å². The van der Waals surface area contributed by atoms with Crippen molar-refractivity contribution in [2.24, 2.45) is 0 Å². The second-order valence-corrected chi connectivity index (χ2v) is 15.5. The molecule has 8 aromatic rings. The van der Waals surface area contributed by atoms with Gasteiger partial charge in [0.2, 0.25) is 0 Å². The standard InChI is InChI=1S/C29H26O.C29H20O.4CO.2Ru.H/c2*30-29-27(23-17-9-3-10-18-23)25(21-13-5-1-6-14-21)26(22-15-7-2-8-16-22)28(29)24-19-11-4-12-20-24;4*1-2;;;/h1-20,25-30H;1-20H;;;;;;;. The van der Waals surface area contributed by atoms with Crippen molar-refractivity contribution in [3.63, 3.8) is 0 Å². The molecule has 6 nitrogen and oxygen atoms in total. The molecule has 0 aromatic heterocycles. The van der Waals surface area contributed by atoms with E-state index in [1.165, 1.54) is 22.3 Å². The van der Waals surface area contributed by atoms with Crippen molar-refractivity contribution in [2.75, 3.05) is 0 Å². The number of aliphatic hydroxyl groups is 1. The Morgan fingerprint density at radius 3 is 0.671 bits per heavy atom. The van der Waals surface area contributed by atoms with E-state index in [1.54, 1.807) is 0 Å². The molecular formula is C62H47O6Ru2. The van der Waals surface area contributed by atoms with E-state index >= 15 is 0 Å². The van der Waals surface area contributed by atoms with Crippen molar-refractivity contribution in [3.8, 4) is 0 Å². The summed E-state index contributed by atoms with van der Waals surface area (Å²) < 4.78 is 30.0. The Morgan fingerprint density at radius 1 is 0.286 bits per heavy atom. The van der Waals surface area contributed by atoms with Gasteiger partial charge in [0.1, 0.15) is 0 Å². The summed E-state index contributed by atoms with van der Waals surface area (Å²) in [5, 5.41) is 11.8. The number of hydrogen-bond acceptors (Lipinski definition) is 2. The van der Waals surface area contributed by atoms with Crippen LogP contribution in [-0.4, -0.2) is 17.0 Å². The summed E-state index contributed by atoms with van der Waals surface area (Å²) in [6.07, 6.45) is -0.467. The molecule has 0 aliphatic heterocycles. The number of carbonyl (C=O) groups excluding carboxylic acids is 1. The van der Waals surface area contributed by atoms with Crippen molar-refractivity contribution in [2.45, 2.75) is 29.8 Å². The first-order valence-electron chi connectivity index (χ1n) is 21.6. The molecule has 10 rings (SSSR count). The summed E-state index contributed by atoms with van der Waals surface area (Å²) in [7, 11) is 0. The van der Waals surface area contributed by atoms with Gasteiger partial charge in [0, 0.05) is 65.4 Å². The van der Waals surface area contributed by atoms with Crippen molar-refractivity contribution in [1.29, 1.82) is 0 Å². The Balaban J connectivity index is 0.000000317. The van der Waals surface area contributed by atoms with Gasteiger partial charge in [0.25, 0.3) is 0 Å². The summed E-state index contributed by atoms with van der Waals surface area (Å²) >= 11 is 0. The van der Waals surface area contributed by atoms with Gasteiger partial charge in [-0.05, 0) is 44.5 Å². The summed E-state index contributed by atoms with van der Waals surface area (Å²) in [6.45, 7) is 18.0. The van der Waals surface area contributed by atoms with Crippen LogP contribution in [0.3, 0.4) is 0 Å². The SMILES string of the molecule is O=C1C(c2ccccc2)=C(c2ccccc2)C(c2ccccc2)=C1c1ccccc1.OC1C(c2ccccc2)C(c2ccccc2)C(c2ccccc2)C1c1ccccc1.[C-]#[O+].[C-]#[O+].[C-]#[O+].[C-]#[O+].[RuH].[Ru]. The van der Waals surface area contributed by atoms with Gasteiger partial charge in [-0.25, -0.2) is 0 Å². The summed E-state index contributed by atoms with van der Waals surface area (Å²) in [5.41, 5.74) is 12.5. The molecule has 0 bridgehead atoms. The first-order chi connectivity index (χ1) is 33.7. The van der Waals surface area contributed by atoms with Gasteiger partial charge in [-0.1, -0.05) is 243 Å². The van der Waals surface area contributed by atoms with E-state index in [1.807, 2.05) is 109 Å². The zero-order valence-electron chi connectivity index (χ0n) is 37.7. The fourth-order valence-electron chi connectivity index (χ4n) is 9.58. The molecule has 0 spiro atoms. The molecule has 1 N–H and O–H groups in total. The van der Waals surface area contributed by atoms with Crippen LogP contribution < -0.4 is 0 Å². The quantitative estimate of drug-likeness (QED) is 0.0927. The molecule has 8 aromatic carbocycles. The van der Waals surface area contributed by atoms with Crippen LogP contribution in [0.4, 0.5) is 0 Å². The van der Waals surface area contributed by atoms with Crippen molar-refractivity contribution >= 4 is 28.1 Å². The van der Waals surface area contributed by atoms with Gasteiger partial charge in [-0.15, -0.1) is 0 Å². The predicted octanol–water partition coefficient (Wildman–Crippen LogP) is 12.9. The number of rotatable bonds is 8. The molecule has 347 valence electrons. The van der Waals surface area contributed by atoms with Crippen molar-refractivity contribution in [1.82, 2.24) is 0 Å². The van der Waals surface area contributed by atoms with E-state index < -0.39 is 6.10 Å². The van der Waals surface area contributed by atoms with Crippen LogP contribution in [0, 0.1) is 26.6 Å². The summed E-state index contributed by atoms with van der Waals surface area (Å²) in [5.74, 6) is 0.519. The largest absolute Gasteiger partial charge is 0 e. The van der Waals surface area contributed by atoms with Crippen LogP contribution in [0.2, 0.25) is 0 Å². The zero-order valence-corrected chi connectivity index (χ0v) is 41.3. The minimum atomic E-state index is -0.467. The van der Waals surface area contributed by atoms with Crippen LogP contribution in [-0.2, 0) is 62.4 Å². The van der Waals surface area contributed by atoms with Crippen LogP contribution in [0.25, 0.3) is 22.3 Å². The topological polar surface area (TPSA) is 117 Å². The van der Waals surface area contributed by atoms with Crippen LogP contribution in [0.15, 0.2) is 243 Å². The fourth-order valence-corrected chi connectivity index (χ4v) is 9.58. The van der Waals surface area contributed by atoms with Crippen LogP contribution in [0.1, 0.15) is 68.2 Å². The summed E-state index contributed by atoms with van der Waals surface area (Å²) in [6, 6.07) is 83.0. The number of benzene rings is 8. The number of hydrogen-bond donors (Lipinski definition) is 1. The van der Waals surface area contributed by atoms with Crippen LogP contribution in [0.5, 0.6) is 0 Å². The van der Waals surface area contributed by atoms with E-state index in [-0.39, 0.29) is 68.4 Å². The Kier molecular flexibility index (Phi) is 25.0. The third kappa shape index (κ3) is 13.2. The second kappa shape index (κ2) is 30.5. The molecule has 0 radical (unpaired) electrons. The van der Waals surface area contributed by atoms with Gasteiger partial charge in [0.05, 0.1) is 6.10 Å². The number of allylic oxidation sites excluding steroid dienone is 4. The molecule has 1 saturated carbocycles. The van der Waals surface area contributed by atoms with Gasteiger partial charge < -0.3 is 5.11 Å². The Morgan fingerprint density at radius 2 is 0.457 bits per heavy atom. The molecule has 4 atom stereocenters. The zero-order chi connectivity index (χ0) is 48.7. The fraction of sp³-hybridized carbons (Fsp3) is 0.0806. The number of ketones is 1. The molecule has 1 fully saturated rings. The van der Waals surface area contributed by atoms with Crippen molar-refractivity contribution < 1.29 is 67.5 Å².